The van der Waals surface area contributed by atoms with E-state index >= 15 is 0 Å². The predicted octanol–water partition coefficient (Wildman–Crippen LogP) is 3.17. The summed E-state index contributed by atoms with van der Waals surface area (Å²) in [5.74, 6) is 0.540. The van der Waals surface area contributed by atoms with Crippen molar-refractivity contribution in [1.82, 2.24) is 4.90 Å². The molecular weight excluding hydrogens is 374 g/mol. The molecule has 2 aliphatic rings. The number of benzene rings is 2. The van der Waals surface area contributed by atoms with Gasteiger partial charge in [-0.1, -0.05) is 30.3 Å². The molecule has 1 saturated carbocycles. The Morgan fingerprint density at radius 2 is 1.75 bits per heavy atom. The molecule has 4 rings (SSSR count). The third-order valence-corrected chi connectivity index (χ3v) is 6.80. The van der Waals surface area contributed by atoms with Crippen LogP contribution in [0.5, 0.6) is 0 Å². The first-order valence-electron chi connectivity index (χ1n) is 9.43. The zero-order valence-corrected chi connectivity index (χ0v) is 16.6. The maximum absolute atomic E-state index is 12.8. The van der Waals surface area contributed by atoms with Crippen molar-refractivity contribution in [3.8, 4) is 0 Å². The zero-order chi connectivity index (χ0) is 19.8. The molecule has 7 heteroatoms. The van der Waals surface area contributed by atoms with E-state index in [0.29, 0.717) is 17.9 Å². The molecule has 2 aromatic carbocycles. The fourth-order valence-electron chi connectivity index (χ4n) is 3.59. The number of carbonyl (C=O) groups excluding carboxylic acids is 1. The van der Waals surface area contributed by atoms with Crippen LogP contribution >= 0.6 is 0 Å². The summed E-state index contributed by atoms with van der Waals surface area (Å²) < 4.78 is 29.0. The number of likely N-dealkylation sites (tertiary alicyclic amines) is 1. The molecule has 1 saturated heterocycles. The maximum atomic E-state index is 12.8. The molecule has 0 radical (unpaired) electrons. The Labute approximate surface area is 165 Å². The molecule has 0 bridgehead atoms. The third-order valence-electron chi connectivity index (χ3n) is 5.48. The average Bonchev–Trinajstić information content (AvgIpc) is 3.42. The van der Waals surface area contributed by atoms with Gasteiger partial charge in [0.05, 0.1) is 10.3 Å². The molecule has 1 aliphatic heterocycles. The number of amides is 1. The second-order valence-corrected chi connectivity index (χ2v) is 9.04. The van der Waals surface area contributed by atoms with Gasteiger partial charge in [0.1, 0.15) is 5.84 Å². The zero-order valence-electron chi connectivity index (χ0n) is 15.8. The smallest absolute Gasteiger partial charge is 0.283 e. The lowest BCUT2D eigenvalue weighted by atomic mass is 9.95. The average molecular weight is 398 g/mol. The topological polar surface area (TPSA) is 78.8 Å². The van der Waals surface area contributed by atoms with Crippen LogP contribution in [0.4, 0.5) is 5.69 Å². The molecule has 28 heavy (non-hydrogen) atoms. The standard InChI is InChI=1S/C21H23N3O3S/c1-24-15-5-8-19(24)23-28(26,27)18-11-9-17(10-12-18)22-20(25)21(13-14-21)16-6-3-2-4-7-16/h2-4,6-7,9-12H,5,8,13-15H2,1H3,(H,22,25)/b23-19+. The van der Waals surface area contributed by atoms with Crippen molar-refractivity contribution >= 4 is 27.5 Å². The van der Waals surface area contributed by atoms with E-state index in [4.69, 9.17) is 0 Å². The van der Waals surface area contributed by atoms with Crippen LogP contribution in [0.25, 0.3) is 0 Å². The van der Waals surface area contributed by atoms with Gasteiger partial charge in [-0.15, -0.1) is 4.40 Å². The van der Waals surface area contributed by atoms with Gasteiger partial charge in [-0.2, -0.15) is 8.42 Å². The Morgan fingerprint density at radius 3 is 2.32 bits per heavy atom. The summed E-state index contributed by atoms with van der Waals surface area (Å²) in [6.07, 6.45) is 3.23. The fraction of sp³-hybridized carbons (Fsp3) is 0.333. The number of nitrogens with one attached hydrogen (secondary N) is 1. The van der Waals surface area contributed by atoms with E-state index in [1.54, 1.807) is 12.1 Å². The summed E-state index contributed by atoms with van der Waals surface area (Å²) in [5.41, 5.74) is 1.13. The first-order valence-corrected chi connectivity index (χ1v) is 10.9. The van der Waals surface area contributed by atoms with Gasteiger partial charge in [-0.25, -0.2) is 0 Å². The van der Waals surface area contributed by atoms with Crippen LogP contribution < -0.4 is 5.32 Å². The van der Waals surface area contributed by atoms with Crippen molar-refractivity contribution in [1.29, 1.82) is 0 Å². The molecule has 1 N–H and O–H groups in total. The van der Waals surface area contributed by atoms with Gasteiger partial charge in [0.25, 0.3) is 10.0 Å². The van der Waals surface area contributed by atoms with Gasteiger partial charge in [-0.3, -0.25) is 4.79 Å². The Kier molecular flexibility index (Phi) is 4.71. The number of hydrogen-bond donors (Lipinski definition) is 1. The van der Waals surface area contributed by atoms with Gasteiger partial charge in [-0.05, 0) is 49.1 Å². The van der Waals surface area contributed by atoms with Crippen LogP contribution in [0.3, 0.4) is 0 Å². The van der Waals surface area contributed by atoms with Crippen LogP contribution in [0.15, 0.2) is 63.9 Å². The number of nitrogens with zero attached hydrogens (tertiary/aromatic N) is 2. The van der Waals surface area contributed by atoms with Crippen molar-refractivity contribution in [2.24, 2.45) is 4.40 Å². The van der Waals surface area contributed by atoms with Crippen molar-refractivity contribution < 1.29 is 13.2 Å². The first kappa shape index (κ1) is 18.7. The minimum Gasteiger partial charge on any atom is -0.362 e. The normalized spacial score (nSPS) is 19.6. The van der Waals surface area contributed by atoms with Gasteiger partial charge >= 0.3 is 0 Å². The number of sulfonamides is 1. The van der Waals surface area contributed by atoms with Crippen molar-refractivity contribution in [2.45, 2.75) is 36.0 Å². The molecule has 2 fully saturated rings. The van der Waals surface area contributed by atoms with E-state index < -0.39 is 15.4 Å². The van der Waals surface area contributed by atoms with Gasteiger partial charge in [0.2, 0.25) is 5.91 Å². The Morgan fingerprint density at radius 1 is 1.07 bits per heavy atom. The second kappa shape index (κ2) is 7.05. The number of carbonyl (C=O) groups is 1. The minimum atomic E-state index is -3.75. The molecule has 0 aromatic heterocycles. The SMILES string of the molecule is CN1CCC/C1=N\S(=O)(=O)c1ccc(NC(=O)C2(c3ccccc3)CC2)cc1. The summed E-state index contributed by atoms with van der Waals surface area (Å²) in [6, 6.07) is 16.0. The second-order valence-electron chi connectivity index (χ2n) is 7.43. The highest BCUT2D eigenvalue weighted by atomic mass is 32.2. The molecule has 0 unspecified atom stereocenters. The molecule has 146 valence electrons. The lowest BCUT2D eigenvalue weighted by Crippen LogP contribution is -2.27. The largest absolute Gasteiger partial charge is 0.362 e. The summed E-state index contributed by atoms with van der Waals surface area (Å²) in [4.78, 5) is 14.8. The van der Waals surface area contributed by atoms with Crippen molar-refractivity contribution in [3.05, 3.63) is 60.2 Å². The van der Waals surface area contributed by atoms with Crippen molar-refractivity contribution in [3.63, 3.8) is 0 Å². The van der Waals surface area contributed by atoms with Gasteiger partial charge in [0.15, 0.2) is 0 Å². The summed E-state index contributed by atoms with van der Waals surface area (Å²) >= 11 is 0. The molecule has 1 aliphatic carbocycles. The summed E-state index contributed by atoms with van der Waals surface area (Å²) in [5, 5.41) is 2.92. The Balaban J connectivity index is 1.49. The first-order chi connectivity index (χ1) is 13.4. The molecule has 6 nitrogen and oxygen atoms in total. The predicted molar refractivity (Wildman–Crippen MR) is 109 cm³/mol. The van der Waals surface area contributed by atoms with E-state index in [2.05, 4.69) is 9.71 Å². The van der Waals surface area contributed by atoms with Gasteiger partial charge in [0, 0.05) is 25.7 Å². The molecule has 0 atom stereocenters. The molecule has 1 heterocycles. The van der Waals surface area contributed by atoms with E-state index in [0.717, 1.165) is 31.4 Å². The number of rotatable bonds is 5. The summed E-state index contributed by atoms with van der Waals surface area (Å²) in [6.45, 7) is 0.822. The lowest BCUT2D eigenvalue weighted by molar-refractivity contribution is -0.118. The van der Waals surface area contributed by atoms with E-state index in [9.17, 15) is 13.2 Å². The van der Waals surface area contributed by atoms with E-state index in [-0.39, 0.29) is 10.8 Å². The number of hydrogen-bond acceptors (Lipinski definition) is 3. The Hall–Kier alpha value is -2.67. The number of anilines is 1. The van der Waals surface area contributed by atoms with E-state index in [1.165, 1.54) is 12.1 Å². The van der Waals surface area contributed by atoms with Crippen molar-refractivity contribution in [2.75, 3.05) is 18.9 Å². The maximum Gasteiger partial charge on any atom is 0.283 e. The minimum absolute atomic E-state index is 0.0536. The molecular formula is C21H23N3O3S. The highest BCUT2D eigenvalue weighted by Crippen LogP contribution is 2.48. The monoisotopic (exact) mass is 397 g/mol. The molecule has 0 spiro atoms. The van der Waals surface area contributed by atoms with Crippen LogP contribution in [0, 0.1) is 0 Å². The van der Waals surface area contributed by atoms with Crippen LogP contribution in [-0.4, -0.2) is 38.7 Å². The van der Waals surface area contributed by atoms with Crippen LogP contribution in [-0.2, 0) is 20.2 Å². The van der Waals surface area contributed by atoms with Gasteiger partial charge < -0.3 is 10.2 Å². The highest BCUT2D eigenvalue weighted by molar-refractivity contribution is 7.90. The van der Waals surface area contributed by atoms with Crippen LogP contribution in [0.2, 0.25) is 0 Å². The van der Waals surface area contributed by atoms with E-state index in [1.807, 2.05) is 42.3 Å². The number of amidine groups is 1. The summed E-state index contributed by atoms with van der Waals surface area (Å²) in [7, 11) is -1.90. The molecule has 2 aromatic rings. The fourth-order valence-corrected chi connectivity index (χ4v) is 4.68. The quantitative estimate of drug-likeness (QED) is 0.841. The van der Waals surface area contributed by atoms with Crippen LogP contribution in [0.1, 0.15) is 31.2 Å². The highest BCUT2D eigenvalue weighted by Gasteiger charge is 2.51. The molecule has 1 amide bonds. The lowest BCUT2D eigenvalue weighted by Gasteiger charge is -2.16. The Bertz CT molecular complexity index is 1010. The third kappa shape index (κ3) is 3.54.